The lowest BCUT2D eigenvalue weighted by molar-refractivity contribution is -0.890. The Balaban J connectivity index is 0. The third-order valence-corrected chi connectivity index (χ3v) is 6.73. The first-order chi connectivity index (χ1) is 14.1. The van der Waals surface area contributed by atoms with Crippen molar-refractivity contribution in [3.05, 3.63) is 0 Å². The fraction of sp³-hybridized carbons (Fsp3) is 1.00. The number of unbranched alkanes of at least 4 members (excludes halogenated alkanes) is 20. The molecule has 0 fully saturated rings. The van der Waals surface area contributed by atoms with E-state index in [2.05, 4.69) is 27.9 Å². The summed E-state index contributed by atoms with van der Waals surface area (Å²) in [4.78, 5) is 0. The fourth-order valence-electron chi connectivity index (χ4n) is 4.52. The maximum atomic E-state index is 2.45. The number of halogens is 1. The summed E-state index contributed by atoms with van der Waals surface area (Å²) >= 11 is 0. The largest absolute Gasteiger partial charge is 1.00 e. The molecular weight excluding hydrogens is 386 g/mol. The molecule has 0 saturated heterocycles. The lowest BCUT2D eigenvalue weighted by Crippen LogP contribution is -3.00. The summed E-state index contributed by atoms with van der Waals surface area (Å²) in [5.41, 5.74) is 0. The van der Waals surface area contributed by atoms with Gasteiger partial charge in [0, 0.05) is 0 Å². The van der Waals surface area contributed by atoms with Crippen LogP contribution >= 0.6 is 0 Å². The van der Waals surface area contributed by atoms with Gasteiger partial charge in [-0.15, -0.1) is 0 Å². The standard InChI is InChI=1S/C28H60N.ClH/c1-5-7-9-11-13-15-16-17-18-19-20-22-24-26-28-29(3,4)27-25-23-21-14-12-10-8-6-2;/h5-28H2,1-4H3;1H/q+1;/p-1. The molecular formula is C28H60ClN. The Morgan fingerprint density at radius 1 is 0.333 bits per heavy atom. The minimum Gasteiger partial charge on any atom is -1.00 e. The summed E-state index contributed by atoms with van der Waals surface area (Å²) in [5.74, 6) is 0. The highest BCUT2D eigenvalue weighted by Crippen LogP contribution is 2.14. The van der Waals surface area contributed by atoms with E-state index in [1.165, 1.54) is 159 Å². The Bertz CT molecular complexity index is 303. The third kappa shape index (κ3) is 26.3. The molecule has 0 heterocycles. The van der Waals surface area contributed by atoms with Gasteiger partial charge in [-0.1, -0.05) is 129 Å². The number of hydrogen-bond acceptors (Lipinski definition) is 0. The zero-order chi connectivity index (χ0) is 21.5. The summed E-state index contributed by atoms with van der Waals surface area (Å²) in [6, 6.07) is 0. The van der Waals surface area contributed by atoms with Crippen molar-refractivity contribution in [2.75, 3.05) is 27.2 Å². The van der Waals surface area contributed by atoms with E-state index in [0.29, 0.717) is 0 Å². The highest BCUT2D eigenvalue weighted by molar-refractivity contribution is 4.50. The molecule has 2 heteroatoms. The molecule has 0 aromatic heterocycles. The summed E-state index contributed by atoms with van der Waals surface area (Å²) in [5, 5.41) is 0. The maximum absolute atomic E-state index is 2.45. The van der Waals surface area contributed by atoms with Crippen LogP contribution < -0.4 is 12.4 Å². The van der Waals surface area contributed by atoms with Crippen LogP contribution in [0.4, 0.5) is 0 Å². The van der Waals surface area contributed by atoms with Crippen molar-refractivity contribution in [1.29, 1.82) is 0 Å². The molecule has 0 aliphatic carbocycles. The molecule has 0 aliphatic rings. The van der Waals surface area contributed by atoms with E-state index >= 15 is 0 Å². The summed E-state index contributed by atoms with van der Waals surface area (Å²) < 4.78 is 1.24. The lowest BCUT2D eigenvalue weighted by Gasteiger charge is -2.30. The third-order valence-electron chi connectivity index (χ3n) is 6.73. The van der Waals surface area contributed by atoms with Crippen molar-refractivity contribution in [2.45, 2.75) is 155 Å². The van der Waals surface area contributed by atoms with Crippen LogP contribution in [0, 0.1) is 0 Å². The molecule has 0 radical (unpaired) electrons. The first-order valence-corrected chi connectivity index (χ1v) is 13.9. The second-order valence-electron chi connectivity index (χ2n) is 10.5. The van der Waals surface area contributed by atoms with Crippen molar-refractivity contribution < 1.29 is 16.9 Å². The highest BCUT2D eigenvalue weighted by atomic mass is 35.5. The fourth-order valence-corrected chi connectivity index (χ4v) is 4.52. The Hall–Kier alpha value is 0.250. The minimum atomic E-state index is 0. The Morgan fingerprint density at radius 2 is 0.533 bits per heavy atom. The van der Waals surface area contributed by atoms with E-state index in [4.69, 9.17) is 0 Å². The van der Waals surface area contributed by atoms with Gasteiger partial charge in [-0.05, 0) is 25.7 Å². The molecule has 0 aliphatic heterocycles. The van der Waals surface area contributed by atoms with Crippen molar-refractivity contribution in [3.63, 3.8) is 0 Å². The topological polar surface area (TPSA) is 0 Å². The average Bonchev–Trinajstić information content (AvgIpc) is 2.70. The van der Waals surface area contributed by atoms with Crippen LogP contribution in [0.15, 0.2) is 0 Å². The normalized spacial score (nSPS) is 11.6. The smallest absolute Gasteiger partial charge is 0.0782 e. The summed E-state index contributed by atoms with van der Waals surface area (Å²) in [6.45, 7) is 7.37. The molecule has 1 nitrogen and oxygen atoms in total. The molecule has 0 aromatic rings. The number of rotatable bonds is 24. The van der Waals surface area contributed by atoms with Crippen LogP contribution in [-0.4, -0.2) is 31.7 Å². The molecule has 0 unspecified atom stereocenters. The Labute approximate surface area is 199 Å². The molecule has 0 saturated carbocycles. The minimum absolute atomic E-state index is 0. The van der Waals surface area contributed by atoms with E-state index in [-0.39, 0.29) is 12.4 Å². The molecule has 30 heavy (non-hydrogen) atoms. The zero-order valence-electron chi connectivity index (χ0n) is 21.8. The van der Waals surface area contributed by atoms with Gasteiger partial charge in [0.2, 0.25) is 0 Å². The van der Waals surface area contributed by atoms with Gasteiger partial charge in [0.1, 0.15) is 0 Å². The Kier molecular flexibility index (Phi) is 27.6. The van der Waals surface area contributed by atoms with Gasteiger partial charge >= 0.3 is 0 Å². The van der Waals surface area contributed by atoms with E-state index in [1.54, 1.807) is 0 Å². The van der Waals surface area contributed by atoms with Gasteiger partial charge in [-0.25, -0.2) is 0 Å². The van der Waals surface area contributed by atoms with E-state index in [1.807, 2.05) is 0 Å². The van der Waals surface area contributed by atoms with Gasteiger partial charge in [-0.2, -0.15) is 0 Å². The first-order valence-electron chi connectivity index (χ1n) is 13.9. The molecule has 184 valence electrons. The molecule has 0 aromatic carbocycles. The molecule has 0 N–H and O–H groups in total. The number of nitrogens with zero attached hydrogens (tertiary/aromatic N) is 1. The van der Waals surface area contributed by atoms with Crippen LogP contribution in [0.5, 0.6) is 0 Å². The molecule has 0 atom stereocenters. The second-order valence-corrected chi connectivity index (χ2v) is 10.5. The van der Waals surface area contributed by atoms with Crippen LogP contribution in [0.25, 0.3) is 0 Å². The van der Waals surface area contributed by atoms with E-state index in [9.17, 15) is 0 Å². The summed E-state index contributed by atoms with van der Waals surface area (Å²) in [7, 11) is 4.90. The average molecular weight is 446 g/mol. The van der Waals surface area contributed by atoms with E-state index in [0.717, 1.165) is 0 Å². The number of hydrogen-bond donors (Lipinski definition) is 0. The zero-order valence-corrected chi connectivity index (χ0v) is 22.6. The lowest BCUT2D eigenvalue weighted by atomic mass is 10.0. The predicted molar refractivity (Wildman–Crippen MR) is 135 cm³/mol. The quantitative estimate of drug-likeness (QED) is 0.115. The van der Waals surface area contributed by atoms with Crippen molar-refractivity contribution in [1.82, 2.24) is 0 Å². The van der Waals surface area contributed by atoms with Crippen LogP contribution in [-0.2, 0) is 0 Å². The molecule has 0 bridgehead atoms. The van der Waals surface area contributed by atoms with Gasteiger partial charge < -0.3 is 16.9 Å². The van der Waals surface area contributed by atoms with Crippen molar-refractivity contribution in [2.24, 2.45) is 0 Å². The molecule has 0 rings (SSSR count). The van der Waals surface area contributed by atoms with Gasteiger partial charge in [0.05, 0.1) is 27.2 Å². The van der Waals surface area contributed by atoms with Crippen LogP contribution in [0.1, 0.15) is 155 Å². The maximum Gasteiger partial charge on any atom is 0.0782 e. The monoisotopic (exact) mass is 445 g/mol. The van der Waals surface area contributed by atoms with Crippen LogP contribution in [0.2, 0.25) is 0 Å². The second kappa shape index (κ2) is 25.5. The molecule has 0 amide bonds. The SMILES string of the molecule is CCCCCCCCCCCCCCCC[N+](C)(C)CCCCCCCCCC.[Cl-]. The van der Waals surface area contributed by atoms with E-state index < -0.39 is 0 Å². The molecule has 0 spiro atoms. The van der Waals surface area contributed by atoms with Gasteiger partial charge in [0.15, 0.2) is 0 Å². The van der Waals surface area contributed by atoms with Crippen molar-refractivity contribution in [3.8, 4) is 0 Å². The van der Waals surface area contributed by atoms with Gasteiger partial charge in [-0.3, -0.25) is 0 Å². The first kappa shape index (κ1) is 32.4. The predicted octanol–water partition coefficient (Wildman–Crippen LogP) is 6.69. The van der Waals surface area contributed by atoms with Gasteiger partial charge in [0.25, 0.3) is 0 Å². The number of quaternary nitrogens is 1. The highest BCUT2D eigenvalue weighted by Gasteiger charge is 2.13. The summed E-state index contributed by atoms with van der Waals surface area (Å²) in [6.07, 6.45) is 32.0. The van der Waals surface area contributed by atoms with Crippen LogP contribution in [0.3, 0.4) is 0 Å². The van der Waals surface area contributed by atoms with Crippen molar-refractivity contribution >= 4 is 0 Å². The Morgan fingerprint density at radius 3 is 0.767 bits per heavy atom.